The van der Waals surface area contributed by atoms with E-state index in [-0.39, 0.29) is 5.82 Å². The van der Waals surface area contributed by atoms with Crippen molar-refractivity contribution >= 4 is 17.9 Å². The Labute approximate surface area is 161 Å². The molecule has 0 radical (unpaired) electrons. The van der Waals surface area contributed by atoms with Crippen molar-refractivity contribution in [3.63, 3.8) is 0 Å². The van der Waals surface area contributed by atoms with Gasteiger partial charge >= 0.3 is 6.09 Å². The van der Waals surface area contributed by atoms with Crippen molar-refractivity contribution in [1.82, 2.24) is 15.0 Å². The van der Waals surface area contributed by atoms with Gasteiger partial charge in [0.05, 0.1) is 18.8 Å². The van der Waals surface area contributed by atoms with Crippen molar-refractivity contribution < 1.29 is 13.9 Å². The number of rotatable bonds is 5. The Kier molecular flexibility index (Phi) is 4.84. The molecule has 8 heteroatoms. The molecule has 1 aromatic carbocycles. The summed E-state index contributed by atoms with van der Waals surface area (Å²) in [5, 5.41) is 3.10. The second-order valence-corrected chi connectivity index (χ2v) is 6.36. The van der Waals surface area contributed by atoms with Crippen molar-refractivity contribution in [1.29, 1.82) is 0 Å². The molecule has 7 nitrogen and oxygen atoms in total. The molecule has 1 aliphatic heterocycles. The van der Waals surface area contributed by atoms with Gasteiger partial charge in [0.1, 0.15) is 18.2 Å². The summed E-state index contributed by atoms with van der Waals surface area (Å²) in [5.41, 5.74) is 3.23. The highest BCUT2D eigenvalue weighted by Crippen LogP contribution is 2.21. The minimum Gasteiger partial charge on any atom is -0.447 e. The molecule has 3 aromatic rings. The van der Waals surface area contributed by atoms with Crippen molar-refractivity contribution in [2.45, 2.75) is 13.5 Å². The molecule has 4 rings (SSSR count). The Hall–Kier alpha value is -3.55. The first-order valence-corrected chi connectivity index (χ1v) is 8.83. The molecule has 1 aliphatic rings. The fraction of sp³-hybridized carbons (Fsp3) is 0.200. The number of amides is 1. The normalized spacial score (nSPS) is 13.5. The Morgan fingerprint density at radius 2 is 2.04 bits per heavy atom. The van der Waals surface area contributed by atoms with Gasteiger partial charge in [0.25, 0.3) is 0 Å². The number of nitrogens with zero attached hydrogens (tertiary/aromatic N) is 4. The largest absolute Gasteiger partial charge is 0.447 e. The van der Waals surface area contributed by atoms with Crippen LogP contribution in [0.5, 0.6) is 0 Å². The zero-order valence-electron chi connectivity index (χ0n) is 15.2. The number of aromatic nitrogens is 3. The lowest BCUT2D eigenvalue weighted by Gasteiger charge is -2.12. The lowest BCUT2D eigenvalue weighted by Crippen LogP contribution is -2.24. The van der Waals surface area contributed by atoms with Gasteiger partial charge in [-0.05, 0) is 42.3 Å². The molecular weight excluding hydrogens is 361 g/mol. The predicted octanol–water partition coefficient (Wildman–Crippen LogP) is 3.55. The maximum Gasteiger partial charge on any atom is 0.415 e. The van der Waals surface area contributed by atoms with E-state index in [9.17, 15) is 9.18 Å². The molecule has 0 bridgehead atoms. The highest BCUT2D eigenvalue weighted by molar-refractivity contribution is 5.88. The average molecular weight is 379 g/mol. The SMILES string of the molecule is Cc1cc(-c2ccc(CNc3nccc(N4CCOC4=O)n3)nc2)ccc1F. The topological polar surface area (TPSA) is 80.2 Å². The molecule has 0 atom stereocenters. The van der Waals surface area contributed by atoms with Crippen LogP contribution >= 0.6 is 0 Å². The Bertz CT molecular complexity index is 1010. The van der Waals surface area contributed by atoms with Crippen LogP contribution in [0.15, 0.2) is 48.8 Å². The number of carbonyl (C=O) groups is 1. The van der Waals surface area contributed by atoms with E-state index in [4.69, 9.17) is 4.74 Å². The van der Waals surface area contributed by atoms with Crippen molar-refractivity contribution in [3.05, 3.63) is 65.9 Å². The number of hydrogen-bond donors (Lipinski definition) is 1. The van der Waals surface area contributed by atoms with E-state index in [1.54, 1.807) is 37.5 Å². The molecule has 0 unspecified atom stereocenters. The number of nitrogens with one attached hydrogen (secondary N) is 1. The third-order valence-electron chi connectivity index (χ3n) is 4.42. The van der Waals surface area contributed by atoms with Gasteiger partial charge in [0.15, 0.2) is 0 Å². The molecule has 28 heavy (non-hydrogen) atoms. The summed E-state index contributed by atoms with van der Waals surface area (Å²) in [6, 6.07) is 10.5. The molecular formula is C20H18FN5O2. The quantitative estimate of drug-likeness (QED) is 0.730. The molecule has 0 saturated carbocycles. The molecule has 1 saturated heterocycles. The van der Waals surface area contributed by atoms with E-state index in [0.717, 1.165) is 16.8 Å². The lowest BCUT2D eigenvalue weighted by atomic mass is 10.0. The molecule has 3 heterocycles. The van der Waals surface area contributed by atoms with Crippen LogP contribution in [-0.2, 0) is 11.3 Å². The minimum absolute atomic E-state index is 0.220. The third-order valence-corrected chi connectivity index (χ3v) is 4.42. The Morgan fingerprint density at radius 1 is 1.18 bits per heavy atom. The summed E-state index contributed by atoms with van der Waals surface area (Å²) in [5.74, 6) is 0.675. The first-order chi connectivity index (χ1) is 13.6. The van der Waals surface area contributed by atoms with Crippen LogP contribution in [0.2, 0.25) is 0 Å². The summed E-state index contributed by atoms with van der Waals surface area (Å²) >= 11 is 0. The number of benzene rings is 1. The van der Waals surface area contributed by atoms with Crippen LogP contribution in [0.25, 0.3) is 11.1 Å². The van der Waals surface area contributed by atoms with Crippen molar-refractivity contribution in [3.8, 4) is 11.1 Å². The second kappa shape index (κ2) is 7.59. The Morgan fingerprint density at radius 3 is 2.75 bits per heavy atom. The molecule has 1 amide bonds. The number of ether oxygens (including phenoxy) is 1. The van der Waals surface area contributed by atoms with Gasteiger partial charge in [-0.15, -0.1) is 0 Å². The number of aryl methyl sites for hydroxylation is 1. The minimum atomic E-state index is -0.405. The van der Waals surface area contributed by atoms with E-state index in [2.05, 4.69) is 20.3 Å². The molecule has 2 aromatic heterocycles. The van der Waals surface area contributed by atoms with Gasteiger partial charge in [-0.2, -0.15) is 4.98 Å². The maximum atomic E-state index is 13.4. The third kappa shape index (κ3) is 3.75. The fourth-order valence-electron chi connectivity index (χ4n) is 2.88. The van der Waals surface area contributed by atoms with Crippen LogP contribution in [-0.4, -0.2) is 34.2 Å². The fourth-order valence-corrected chi connectivity index (χ4v) is 2.88. The molecule has 142 valence electrons. The van der Waals surface area contributed by atoms with Crippen LogP contribution in [0, 0.1) is 12.7 Å². The van der Waals surface area contributed by atoms with E-state index in [1.807, 2.05) is 12.1 Å². The molecule has 1 N–H and O–H groups in total. The smallest absolute Gasteiger partial charge is 0.415 e. The van der Waals surface area contributed by atoms with E-state index in [0.29, 0.717) is 37.0 Å². The summed E-state index contributed by atoms with van der Waals surface area (Å²) in [6.07, 6.45) is 2.93. The maximum absolute atomic E-state index is 13.4. The van der Waals surface area contributed by atoms with Gasteiger partial charge in [-0.25, -0.2) is 14.2 Å². The van der Waals surface area contributed by atoms with Crippen LogP contribution < -0.4 is 10.2 Å². The van der Waals surface area contributed by atoms with E-state index < -0.39 is 6.09 Å². The summed E-state index contributed by atoms with van der Waals surface area (Å²) in [6.45, 7) is 2.99. The number of cyclic esters (lactones) is 1. The predicted molar refractivity (Wildman–Crippen MR) is 102 cm³/mol. The highest BCUT2D eigenvalue weighted by Gasteiger charge is 2.24. The van der Waals surface area contributed by atoms with Gasteiger partial charge < -0.3 is 10.1 Å². The molecule has 1 fully saturated rings. The van der Waals surface area contributed by atoms with Gasteiger partial charge in [0, 0.05) is 18.0 Å². The summed E-state index contributed by atoms with van der Waals surface area (Å²) in [7, 11) is 0. The Balaban J connectivity index is 1.42. The standard InChI is InChI=1S/C20H18FN5O2/c1-13-10-14(3-5-17(13)21)15-2-4-16(23-11-15)12-24-19-22-7-6-18(25-19)26-8-9-28-20(26)27/h2-7,10-11H,8-9,12H2,1H3,(H,22,24,25). The van der Waals surface area contributed by atoms with Crippen molar-refractivity contribution in [2.24, 2.45) is 0 Å². The number of hydrogen-bond acceptors (Lipinski definition) is 6. The van der Waals surface area contributed by atoms with Gasteiger partial charge in [-0.1, -0.05) is 12.1 Å². The first kappa shape index (κ1) is 17.8. The zero-order chi connectivity index (χ0) is 19.5. The zero-order valence-corrected chi connectivity index (χ0v) is 15.2. The first-order valence-electron chi connectivity index (χ1n) is 8.83. The van der Waals surface area contributed by atoms with Gasteiger partial charge in [-0.3, -0.25) is 9.88 Å². The van der Waals surface area contributed by atoms with Crippen LogP contribution in [0.1, 0.15) is 11.3 Å². The lowest BCUT2D eigenvalue weighted by molar-refractivity contribution is 0.181. The summed E-state index contributed by atoms with van der Waals surface area (Å²) < 4.78 is 18.4. The van der Waals surface area contributed by atoms with Crippen molar-refractivity contribution in [2.75, 3.05) is 23.4 Å². The molecule has 0 aliphatic carbocycles. The van der Waals surface area contributed by atoms with E-state index in [1.165, 1.54) is 11.0 Å². The van der Waals surface area contributed by atoms with Gasteiger partial charge in [0.2, 0.25) is 5.95 Å². The van der Waals surface area contributed by atoms with E-state index >= 15 is 0 Å². The number of pyridine rings is 1. The second-order valence-electron chi connectivity index (χ2n) is 6.36. The summed E-state index contributed by atoms with van der Waals surface area (Å²) in [4.78, 5) is 26.1. The average Bonchev–Trinajstić information content (AvgIpc) is 3.15. The monoisotopic (exact) mass is 379 g/mol. The number of anilines is 2. The van der Waals surface area contributed by atoms with Crippen LogP contribution in [0.3, 0.4) is 0 Å². The number of carbonyl (C=O) groups excluding carboxylic acids is 1. The highest BCUT2D eigenvalue weighted by atomic mass is 19.1. The number of halogens is 1. The van der Waals surface area contributed by atoms with Crippen LogP contribution in [0.4, 0.5) is 21.0 Å². The molecule has 0 spiro atoms.